The van der Waals surface area contributed by atoms with E-state index in [-0.39, 0.29) is 23.1 Å². The van der Waals surface area contributed by atoms with Crippen LogP contribution in [0.2, 0.25) is 0 Å². The van der Waals surface area contributed by atoms with Crippen LogP contribution in [-0.4, -0.2) is 45.5 Å². The van der Waals surface area contributed by atoms with Crippen molar-refractivity contribution in [3.05, 3.63) is 71.7 Å². The Labute approximate surface area is 213 Å². The van der Waals surface area contributed by atoms with Crippen LogP contribution in [0.25, 0.3) is 16.8 Å². The summed E-state index contributed by atoms with van der Waals surface area (Å²) in [7, 11) is -3.27. The van der Waals surface area contributed by atoms with Gasteiger partial charge in [0.25, 0.3) is 0 Å². The SMILES string of the molecule is Cc1cc(F)c(-c2ccc3cnc(Nc4cnccc4[C@H]4C[C@@H](N)[C@@H](S(C)(=O)=O)[C@@H](C)C4)n3n2)c(F)c1. The fourth-order valence-corrected chi connectivity index (χ4v) is 7.29. The van der Waals surface area contributed by atoms with Crippen molar-refractivity contribution in [2.75, 3.05) is 11.6 Å². The maximum absolute atomic E-state index is 14.6. The van der Waals surface area contributed by atoms with Gasteiger partial charge in [-0.2, -0.15) is 9.61 Å². The summed E-state index contributed by atoms with van der Waals surface area (Å²) in [5.41, 5.74) is 9.00. The third-order valence-electron chi connectivity index (χ3n) is 7.06. The van der Waals surface area contributed by atoms with Gasteiger partial charge in [0.05, 0.1) is 40.1 Å². The molecule has 1 saturated carbocycles. The van der Waals surface area contributed by atoms with Crippen LogP contribution < -0.4 is 11.1 Å². The molecule has 1 aliphatic rings. The number of anilines is 2. The zero-order chi connectivity index (χ0) is 26.5. The molecule has 3 heterocycles. The lowest BCUT2D eigenvalue weighted by molar-refractivity contribution is 0.309. The molecule has 0 spiro atoms. The molecular weight excluding hydrogens is 498 g/mol. The standard InChI is InChI=1S/C26H28F2N6O2S/c1-14-8-19(27)24(20(28)9-14)22-5-4-17-12-31-26(34(17)33-22)32-23-13-30-7-6-18(23)16-10-15(2)25(21(29)11-16)37(3,35)36/h4-9,12-13,15-16,21,25H,10-11,29H2,1-3H3,(H,31,32)/t15-,16+,21+,25-/m0/s1. The van der Waals surface area contributed by atoms with E-state index in [9.17, 15) is 17.2 Å². The van der Waals surface area contributed by atoms with Crippen molar-refractivity contribution >= 4 is 27.0 Å². The number of pyridine rings is 1. The number of imidazole rings is 1. The summed E-state index contributed by atoms with van der Waals surface area (Å²) in [6.45, 7) is 3.54. The van der Waals surface area contributed by atoms with Gasteiger partial charge in [-0.25, -0.2) is 22.2 Å². The highest BCUT2D eigenvalue weighted by molar-refractivity contribution is 7.91. The fraction of sp³-hybridized carbons (Fsp3) is 0.346. The van der Waals surface area contributed by atoms with Crippen LogP contribution in [0.1, 0.15) is 36.8 Å². The highest BCUT2D eigenvalue weighted by Crippen LogP contribution is 2.41. The molecule has 1 aromatic carbocycles. The van der Waals surface area contributed by atoms with Crippen LogP contribution in [0.3, 0.4) is 0 Å². The number of hydrogen-bond acceptors (Lipinski definition) is 7. The second-order valence-corrected chi connectivity index (χ2v) is 12.1. The summed E-state index contributed by atoms with van der Waals surface area (Å²) >= 11 is 0. The molecule has 4 atom stereocenters. The average molecular weight is 527 g/mol. The van der Waals surface area contributed by atoms with E-state index in [1.54, 1.807) is 37.6 Å². The van der Waals surface area contributed by atoms with Crippen LogP contribution in [0.15, 0.2) is 48.9 Å². The molecular formula is C26H28F2N6O2S. The normalized spacial score (nSPS) is 22.3. The Morgan fingerprint density at radius 3 is 2.51 bits per heavy atom. The first-order chi connectivity index (χ1) is 17.5. The molecule has 194 valence electrons. The minimum absolute atomic E-state index is 0.0130. The maximum atomic E-state index is 14.6. The van der Waals surface area contributed by atoms with Gasteiger partial charge in [-0.1, -0.05) is 6.92 Å². The van der Waals surface area contributed by atoms with Crippen molar-refractivity contribution < 1.29 is 17.2 Å². The van der Waals surface area contributed by atoms with Gasteiger partial charge >= 0.3 is 0 Å². The van der Waals surface area contributed by atoms with E-state index in [0.717, 1.165) is 5.56 Å². The number of aryl methyl sites for hydroxylation is 1. The number of nitrogens with two attached hydrogens (primary N) is 1. The zero-order valence-corrected chi connectivity index (χ0v) is 21.5. The molecule has 5 rings (SSSR count). The summed E-state index contributed by atoms with van der Waals surface area (Å²) in [6.07, 6.45) is 7.36. The zero-order valence-electron chi connectivity index (χ0n) is 20.7. The fourth-order valence-electron chi connectivity index (χ4n) is 5.59. The first-order valence-electron chi connectivity index (χ1n) is 12.0. The van der Waals surface area contributed by atoms with Crippen LogP contribution in [-0.2, 0) is 9.84 Å². The monoisotopic (exact) mass is 526 g/mol. The quantitative estimate of drug-likeness (QED) is 0.397. The third kappa shape index (κ3) is 4.80. The number of halogens is 2. The number of nitrogens with one attached hydrogen (secondary N) is 1. The topological polar surface area (TPSA) is 115 Å². The summed E-state index contributed by atoms with van der Waals surface area (Å²) in [4.78, 5) is 8.66. The van der Waals surface area contributed by atoms with Gasteiger partial charge in [0.15, 0.2) is 9.84 Å². The Balaban J connectivity index is 1.49. The molecule has 0 saturated heterocycles. The highest BCUT2D eigenvalue weighted by atomic mass is 32.2. The molecule has 0 amide bonds. The predicted molar refractivity (Wildman–Crippen MR) is 138 cm³/mol. The lowest BCUT2D eigenvalue weighted by Gasteiger charge is -2.38. The summed E-state index contributed by atoms with van der Waals surface area (Å²) in [5, 5.41) is 7.14. The first-order valence-corrected chi connectivity index (χ1v) is 13.9. The summed E-state index contributed by atoms with van der Waals surface area (Å²) < 4.78 is 55.3. The van der Waals surface area contributed by atoms with Crippen LogP contribution >= 0.6 is 0 Å². The second-order valence-electron chi connectivity index (χ2n) is 9.93. The Kier molecular flexibility index (Phi) is 6.45. The van der Waals surface area contributed by atoms with E-state index >= 15 is 0 Å². The van der Waals surface area contributed by atoms with Crippen molar-refractivity contribution in [1.29, 1.82) is 0 Å². The van der Waals surface area contributed by atoms with Crippen molar-refractivity contribution in [3.63, 3.8) is 0 Å². The summed E-state index contributed by atoms with van der Waals surface area (Å²) in [5.74, 6) is -1.13. The van der Waals surface area contributed by atoms with E-state index in [1.807, 2.05) is 13.0 Å². The lowest BCUT2D eigenvalue weighted by atomic mass is 9.76. The minimum atomic E-state index is -3.27. The van der Waals surface area contributed by atoms with Crippen LogP contribution in [0.5, 0.6) is 0 Å². The van der Waals surface area contributed by atoms with E-state index in [1.165, 1.54) is 22.9 Å². The largest absolute Gasteiger partial charge is 0.326 e. The Morgan fingerprint density at radius 2 is 1.84 bits per heavy atom. The van der Waals surface area contributed by atoms with Crippen molar-refractivity contribution in [2.24, 2.45) is 11.7 Å². The molecule has 0 unspecified atom stereocenters. The molecule has 37 heavy (non-hydrogen) atoms. The van der Waals surface area contributed by atoms with E-state index in [0.29, 0.717) is 35.6 Å². The van der Waals surface area contributed by atoms with Crippen molar-refractivity contribution in [3.8, 4) is 11.3 Å². The number of nitrogens with zero attached hydrogens (tertiary/aromatic N) is 4. The lowest BCUT2D eigenvalue weighted by Crippen LogP contribution is -2.48. The van der Waals surface area contributed by atoms with Crippen LogP contribution in [0.4, 0.5) is 20.4 Å². The van der Waals surface area contributed by atoms with Gasteiger partial charge in [-0.15, -0.1) is 0 Å². The number of benzene rings is 1. The highest BCUT2D eigenvalue weighted by Gasteiger charge is 2.40. The minimum Gasteiger partial charge on any atom is -0.326 e. The van der Waals surface area contributed by atoms with Gasteiger partial charge in [0, 0.05) is 18.5 Å². The van der Waals surface area contributed by atoms with E-state index < -0.39 is 32.8 Å². The van der Waals surface area contributed by atoms with Gasteiger partial charge in [-0.05, 0) is 73.1 Å². The van der Waals surface area contributed by atoms with Gasteiger partial charge in [-0.3, -0.25) is 4.98 Å². The van der Waals surface area contributed by atoms with Crippen molar-refractivity contribution in [2.45, 2.75) is 43.9 Å². The predicted octanol–water partition coefficient (Wildman–Crippen LogP) is 4.38. The molecule has 3 aromatic heterocycles. The average Bonchev–Trinajstić information content (AvgIpc) is 3.19. The Morgan fingerprint density at radius 1 is 1.11 bits per heavy atom. The maximum Gasteiger partial charge on any atom is 0.229 e. The molecule has 0 bridgehead atoms. The molecule has 1 fully saturated rings. The third-order valence-corrected chi connectivity index (χ3v) is 8.86. The van der Waals surface area contributed by atoms with E-state index in [4.69, 9.17) is 5.73 Å². The molecule has 8 nitrogen and oxygen atoms in total. The number of aromatic nitrogens is 4. The summed E-state index contributed by atoms with van der Waals surface area (Å²) in [6, 6.07) is 7.18. The molecule has 4 aromatic rings. The van der Waals surface area contributed by atoms with E-state index in [2.05, 4.69) is 20.4 Å². The molecule has 11 heteroatoms. The molecule has 0 aliphatic heterocycles. The van der Waals surface area contributed by atoms with Crippen molar-refractivity contribution in [1.82, 2.24) is 19.6 Å². The van der Waals surface area contributed by atoms with Crippen LogP contribution in [0, 0.1) is 24.5 Å². The molecule has 0 radical (unpaired) electrons. The number of fused-ring (bicyclic) bond motifs is 1. The number of sulfone groups is 1. The smallest absolute Gasteiger partial charge is 0.229 e. The van der Waals surface area contributed by atoms with Gasteiger partial charge in [0.1, 0.15) is 11.6 Å². The molecule has 3 N–H and O–H groups in total. The number of hydrogen-bond donors (Lipinski definition) is 2. The van der Waals surface area contributed by atoms with Gasteiger partial charge in [0.2, 0.25) is 5.95 Å². The Bertz CT molecular complexity index is 1550. The number of rotatable bonds is 5. The second kappa shape index (κ2) is 9.46. The Hall–Kier alpha value is -3.44. The molecule has 1 aliphatic carbocycles. The first kappa shape index (κ1) is 25.2. The van der Waals surface area contributed by atoms with Gasteiger partial charge < -0.3 is 11.1 Å².